The van der Waals surface area contributed by atoms with E-state index in [1.165, 1.54) is 10.7 Å². The molecule has 1 saturated carbocycles. The fourth-order valence-corrected chi connectivity index (χ4v) is 5.41. The number of amides is 3. The van der Waals surface area contributed by atoms with Crippen molar-refractivity contribution in [2.45, 2.75) is 50.0 Å². The Morgan fingerprint density at radius 1 is 1.03 bits per heavy atom. The van der Waals surface area contributed by atoms with Crippen molar-refractivity contribution in [3.8, 4) is 5.75 Å². The molecular formula is C21H32N4O5S. The molecule has 31 heavy (non-hydrogen) atoms. The summed E-state index contributed by atoms with van der Waals surface area (Å²) in [6, 6.07) is 6.08. The molecule has 1 aromatic rings. The summed E-state index contributed by atoms with van der Waals surface area (Å²) in [6.07, 6.45) is 5.29. The second kappa shape index (κ2) is 10.9. The topological polar surface area (TPSA) is 108 Å². The van der Waals surface area contributed by atoms with Gasteiger partial charge in [0.05, 0.1) is 18.0 Å². The summed E-state index contributed by atoms with van der Waals surface area (Å²) in [5, 5.41) is 5.24. The molecule has 2 N–H and O–H groups in total. The third-order valence-corrected chi connectivity index (χ3v) is 7.58. The van der Waals surface area contributed by atoms with E-state index in [9.17, 15) is 18.0 Å². The molecule has 9 nitrogen and oxygen atoms in total. The molecule has 0 atom stereocenters. The molecule has 1 aliphatic carbocycles. The standard InChI is InChI=1S/C21H32N4O5S/c1-2-30-18-8-10-19(11-9-18)31(28,29)25-14-12-24(13-15-25)16-20(26)23-21(27)22-17-6-4-3-5-7-17/h8-11,17H,2-7,12-16H2,1H3,(H2,22,23,26,27). The SMILES string of the molecule is CCOc1ccc(S(=O)(=O)N2CCN(CC(=O)NC(=O)NC3CCCCC3)CC2)cc1. The second-order valence-electron chi connectivity index (χ2n) is 7.94. The molecule has 0 bridgehead atoms. The molecule has 172 valence electrons. The molecule has 10 heteroatoms. The maximum Gasteiger partial charge on any atom is 0.321 e. The van der Waals surface area contributed by atoms with Crippen molar-refractivity contribution in [1.29, 1.82) is 0 Å². The van der Waals surface area contributed by atoms with Crippen LogP contribution < -0.4 is 15.4 Å². The molecule has 0 spiro atoms. The zero-order chi connectivity index (χ0) is 22.3. The summed E-state index contributed by atoms with van der Waals surface area (Å²) in [7, 11) is -3.59. The highest BCUT2D eigenvalue weighted by Crippen LogP contribution is 2.21. The summed E-state index contributed by atoms with van der Waals surface area (Å²) >= 11 is 0. The Morgan fingerprint density at radius 3 is 2.29 bits per heavy atom. The van der Waals surface area contributed by atoms with Gasteiger partial charge in [-0.25, -0.2) is 13.2 Å². The number of nitrogens with one attached hydrogen (secondary N) is 2. The molecule has 0 unspecified atom stereocenters. The molecule has 3 amide bonds. The number of carbonyl (C=O) groups is 2. The van der Waals surface area contributed by atoms with Crippen LogP contribution in [0.4, 0.5) is 4.79 Å². The van der Waals surface area contributed by atoms with E-state index in [2.05, 4.69) is 10.6 Å². The van der Waals surface area contributed by atoms with Gasteiger partial charge >= 0.3 is 6.03 Å². The Labute approximate surface area is 184 Å². The minimum atomic E-state index is -3.59. The van der Waals surface area contributed by atoms with Crippen LogP contribution in [0.1, 0.15) is 39.0 Å². The van der Waals surface area contributed by atoms with E-state index in [0.29, 0.717) is 25.4 Å². The lowest BCUT2D eigenvalue weighted by Crippen LogP contribution is -2.52. The Kier molecular flexibility index (Phi) is 8.28. The first-order chi connectivity index (χ1) is 14.9. The van der Waals surface area contributed by atoms with Crippen LogP contribution in [0.25, 0.3) is 0 Å². The molecule has 0 radical (unpaired) electrons. The van der Waals surface area contributed by atoms with Crippen LogP contribution in [0.5, 0.6) is 5.75 Å². The summed E-state index contributed by atoms with van der Waals surface area (Å²) in [5.74, 6) is 0.251. The van der Waals surface area contributed by atoms with Crippen molar-refractivity contribution >= 4 is 22.0 Å². The number of benzene rings is 1. The number of urea groups is 1. The zero-order valence-electron chi connectivity index (χ0n) is 18.0. The third-order valence-electron chi connectivity index (χ3n) is 5.66. The Balaban J connectivity index is 1.44. The highest BCUT2D eigenvalue weighted by Gasteiger charge is 2.29. The lowest BCUT2D eigenvalue weighted by atomic mass is 9.96. The average Bonchev–Trinajstić information content (AvgIpc) is 2.75. The number of sulfonamides is 1. The van der Waals surface area contributed by atoms with E-state index >= 15 is 0 Å². The predicted molar refractivity (Wildman–Crippen MR) is 116 cm³/mol. The van der Waals surface area contributed by atoms with Crippen LogP contribution in [0, 0.1) is 0 Å². The smallest absolute Gasteiger partial charge is 0.321 e. The fraction of sp³-hybridized carbons (Fsp3) is 0.619. The molecule has 1 aliphatic heterocycles. The van der Waals surface area contributed by atoms with Gasteiger partial charge in [0.25, 0.3) is 0 Å². The monoisotopic (exact) mass is 452 g/mol. The molecule has 1 heterocycles. The van der Waals surface area contributed by atoms with Crippen molar-refractivity contribution in [2.24, 2.45) is 0 Å². The predicted octanol–water partition coefficient (Wildman–Crippen LogP) is 1.55. The minimum absolute atomic E-state index is 0.0645. The van der Waals surface area contributed by atoms with Gasteiger partial charge in [-0.15, -0.1) is 0 Å². The molecule has 3 rings (SSSR count). The van der Waals surface area contributed by atoms with Crippen LogP contribution >= 0.6 is 0 Å². The first kappa shape index (κ1) is 23.5. The number of ether oxygens (including phenoxy) is 1. The van der Waals surface area contributed by atoms with Crippen LogP contribution in [-0.2, 0) is 14.8 Å². The maximum atomic E-state index is 12.9. The van der Waals surface area contributed by atoms with E-state index in [-0.39, 0.29) is 36.5 Å². The largest absolute Gasteiger partial charge is 0.494 e. The number of carbonyl (C=O) groups excluding carboxylic acids is 2. The van der Waals surface area contributed by atoms with Crippen molar-refractivity contribution in [3.05, 3.63) is 24.3 Å². The number of imide groups is 1. The van der Waals surface area contributed by atoms with Gasteiger partial charge in [0.2, 0.25) is 15.9 Å². The van der Waals surface area contributed by atoms with Gasteiger partial charge in [0.15, 0.2) is 0 Å². The van der Waals surface area contributed by atoms with Crippen LogP contribution in [-0.4, -0.2) is 74.9 Å². The highest BCUT2D eigenvalue weighted by atomic mass is 32.2. The maximum absolute atomic E-state index is 12.9. The highest BCUT2D eigenvalue weighted by molar-refractivity contribution is 7.89. The molecule has 0 aromatic heterocycles. The summed E-state index contributed by atoms with van der Waals surface area (Å²) in [4.78, 5) is 26.3. The van der Waals surface area contributed by atoms with E-state index < -0.39 is 16.1 Å². The van der Waals surface area contributed by atoms with Gasteiger partial charge in [0, 0.05) is 32.2 Å². The van der Waals surface area contributed by atoms with Gasteiger partial charge in [0.1, 0.15) is 5.75 Å². The molecule has 2 aliphatic rings. The van der Waals surface area contributed by atoms with Crippen molar-refractivity contribution in [3.63, 3.8) is 0 Å². The summed E-state index contributed by atoms with van der Waals surface area (Å²) in [6.45, 7) is 3.88. The van der Waals surface area contributed by atoms with Crippen LogP contribution in [0.3, 0.4) is 0 Å². The van der Waals surface area contributed by atoms with Gasteiger partial charge in [-0.3, -0.25) is 15.0 Å². The van der Waals surface area contributed by atoms with E-state index in [4.69, 9.17) is 4.74 Å². The van der Waals surface area contributed by atoms with Crippen LogP contribution in [0.2, 0.25) is 0 Å². The van der Waals surface area contributed by atoms with E-state index in [1.807, 2.05) is 11.8 Å². The van der Waals surface area contributed by atoms with Crippen LogP contribution in [0.15, 0.2) is 29.2 Å². The van der Waals surface area contributed by atoms with Gasteiger partial charge in [-0.05, 0) is 44.0 Å². The quantitative estimate of drug-likeness (QED) is 0.650. The number of nitrogens with zero attached hydrogens (tertiary/aromatic N) is 2. The lowest BCUT2D eigenvalue weighted by molar-refractivity contribution is -0.121. The number of piperazine rings is 1. The van der Waals surface area contributed by atoms with Gasteiger partial charge in [-0.1, -0.05) is 19.3 Å². The zero-order valence-corrected chi connectivity index (χ0v) is 18.8. The van der Waals surface area contributed by atoms with E-state index in [0.717, 1.165) is 25.7 Å². The average molecular weight is 453 g/mol. The Hall–Kier alpha value is -2.17. The number of hydrogen-bond acceptors (Lipinski definition) is 6. The first-order valence-corrected chi connectivity index (χ1v) is 12.4. The molecule has 1 saturated heterocycles. The van der Waals surface area contributed by atoms with Gasteiger partial charge in [-0.2, -0.15) is 4.31 Å². The Bertz CT molecular complexity index is 845. The summed E-state index contributed by atoms with van der Waals surface area (Å²) < 4.78 is 32.5. The normalized spacial score (nSPS) is 19.0. The first-order valence-electron chi connectivity index (χ1n) is 10.9. The van der Waals surface area contributed by atoms with Crippen molar-refractivity contribution < 1.29 is 22.7 Å². The minimum Gasteiger partial charge on any atom is -0.494 e. The molecule has 1 aromatic carbocycles. The fourth-order valence-electron chi connectivity index (χ4n) is 3.99. The second-order valence-corrected chi connectivity index (χ2v) is 9.88. The Morgan fingerprint density at radius 2 is 1.68 bits per heavy atom. The third kappa shape index (κ3) is 6.65. The van der Waals surface area contributed by atoms with E-state index in [1.54, 1.807) is 24.3 Å². The van der Waals surface area contributed by atoms with Crippen molar-refractivity contribution in [1.82, 2.24) is 19.8 Å². The number of rotatable bonds is 7. The van der Waals surface area contributed by atoms with Crippen molar-refractivity contribution in [2.75, 3.05) is 39.3 Å². The molecular weight excluding hydrogens is 420 g/mol. The summed E-state index contributed by atoms with van der Waals surface area (Å²) in [5.41, 5.74) is 0. The molecule has 2 fully saturated rings. The van der Waals surface area contributed by atoms with Gasteiger partial charge < -0.3 is 10.1 Å². The number of hydrogen-bond donors (Lipinski definition) is 2. The lowest BCUT2D eigenvalue weighted by Gasteiger charge is -2.33.